The van der Waals surface area contributed by atoms with Crippen molar-refractivity contribution < 1.29 is 31.9 Å². The number of halogens is 4. The second-order valence-corrected chi connectivity index (χ2v) is 6.12. The Kier molecular flexibility index (Phi) is 6.57. The summed E-state index contributed by atoms with van der Waals surface area (Å²) in [5.74, 6) is -1.65. The van der Waals surface area contributed by atoms with Gasteiger partial charge in [0, 0.05) is 19.1 Å². The van der Waals surface area contributed by atoms with Gasteiger partial charge < -0.3 is 15.0 Å². The summed E-state index contributed by atoms with van der Waals surface area (Å²) >= 11 is 0. The minimum Gasteiger partial charge on any atom is -0.359 e. The minimum absolute atomic E-state index is 0.0100. The highest BCUT2D eigenvalue weighted by Crippen LogP contribution is 2.17. The molecule has 0 unspecified atom stereocenters. The lowest BCUT2D eigenvalue weighted by Crippen LogP contribution is -2.49. The molecular weight excluding hydrogens is 356 g/mol. The molecule has 5 nitrogen and oxygen atoms in total. The Hall–Kier alpha value is -2.16. The summed E-state index contributed by atoms with van der Waals surface area (Å²) in [6.45, 7) is 0.390. The summed E-state index contributed by atoms with van der Waals surface area (Å²) in [4.78, 5) is 25.7. The molecule has 2 rings (SSSR count). The van der Waals surface area contributed by atoms with Gasteiger partial charge in [0.05, 0.1) is 5.56 Å². The van der Waals surface area contributed by atoms with Gasteiger partial charge in [0.15, 0.2) is 0 Å². The average Bonchev–Trinajstić information content (AvgIpc) is 2.59. The highest BCUT2D eigenvalue weighted by molar-refractivity contribution is 5.94. The van der Waals surface area contributed by atoms with Gasteiger partial charge in [-0.05, 0) is 31.9 Å². The molecule has 144 valence electrons. The third kappa shape index (κ3) is 5.69. The molecular formula is C17H20F4N2O3. The zero-order valence-electron chi connectivity index (χ0n) is 14.2. The van der Waals surface area contributed by atoms with Crippen LogP contribution in [0.25, 0.3) is 0 Å². The fourth-order valence-electron chi connectivity index (χ4n) is 2.65. The second-order valence-electron chi connectivity index (χ2n) is 6.12. The molecule has 9 heteroatoms. The van der Waals surface area contributed by atoms with E-state index in [1.165, 1.54) is 30.0 Å². The normalized spacial score (nSPS) is 17.0. The summed E-state index contributed by atoms with van der Waals surface area (Å²) in [6.07, 6.45) is -4.86. The maximum absolute atomic E-state index is 13.7. The first-order chi connectivity index (χ1) is 12.2. The quantitative estimate of drug-likeness (QED) is 0.804. The smallest absolute Gasteiger partial charge is 0.359 e. The van der Waals surface area contributed by atoms with E-state index >= 15 is 0 Å². The average molecular weight is 376 g/mol. The van der Waals surface area contributed by atoms with Crippen LogP contribution in [0.15, 0.2) is 24.3 Å². The summed E-state index contributed by atoms with van der Waals surface area (Å²) in [5, 5.41) is 2.62. The molecule has 1 aliphatic heterocycles. The van der Waals surface area contributed by atoms with Crippen LogP contribution in [0.1, 0.15) is 30.1 Å². The monoisotopic (exact) mass is 376 g/mol. The van der Waals surface area contributed by atoms with E-state index in [1.54, 1.807) is 6.07 Å². The zero-order valence-corrected chi connectivity index (χ0v) is 14.2. The molecule has 0 aromatic heterocycles. The topological polar surface area (TPSA) is 58.6 Å². The summed E-state index contributed by atoms with van der Waals surface area (Å²) in [5.41, 5.74) is -0.0100. The predicted octanol–water partition coefficient (Wildman–Crippen LogP) is 2.51. The maximum Gasteiger partial charge on any atom is 0.411 e. The molecule has 1 fully saturated rings. The number of amides is 2. The fraction of sp³-hybridized carbons (Fsp3) is 0.529. The number of hydrogen-bond donors (Lipinski definition) is 1. The molecule has 0 radical (unpaired) electrons. The third-order valence-electron chi connectivity index (χ3n) is 4.10. The SMILES string of the molecule is C[C@@H](OCC(F)(F)F)C(=O)NC1CCN(C(=O)c2ccccc2F)CC1. The summed E-state index contributed by atoms with van der Waals surface area (Å²) in [7, 11) is 0. The van der Waals surface area contributed by atoms with Gasteiger partial charge in [-0.3, -0.25) is 9.59 Å². The maximum atomic E-state index is 13.7. The Labute approximate surface area is 148 Å². The van der Waals surface area contributed by atoms with E-state index in [0.29, 0.717) is 25.9 Å². The van der Waals surface area contributed by atoms with Gasteiger partial charge in [0.1, 0.15) is 18.5 Å². The second kappa shape index (κ2) is 8.48. The molecule has 2 amide bonds. The Bertz CT molecular complexity index is 643. The van der Waals surface area contributed by atoms with E-state index in [2.05, 4.69) is 10.1 Å². The molecule has 1 aromatic carbocycles. The van der Waals surface area contributed by atoms with E-state index < -0.39 is 36.5 Å². The zero-order chi connectivity index (χ0) is 19.3. The van der Waals surface area contributed by atoms with Gasteiger partial charge in [-0.1, -0.05) is 12.1 Å². The Morgan fingerprint density at radius 2 is 1.88 bits per heavy atom. The summed E-state index contributed by atoms with van der Waals surface area (Å²) in [6, 6.07) is 5.42. The van der Waals surface area contributed by atoms with Crippen LogP contribution >= 0.6 is 0 Å². The first-order valence-corrected chi connectivity index (χ1v) is 8.20. The first-order valence-electron chi connectivity index (χ1n) is 8.20. The molecule has 26 heavy (non-hydrogen) atoms. The Balaban J connectivity index is 1.80. The molecule has 0 saturated carbocycles. The molecule has 0 spiro atoms. The van der Waals surface area contributed by atoms with Crippen molar-refractivity contribution in [3.8, 4) is 0 Å². The number of piperidine rings is 1. The van der Waals surface area contributed by atoms with Gasteiger partial charge in [0.2, 0.25) is 5.91 Å². The van der Waals surface area contributed by atoms with Gasteiger partial charge >= 0.3 is 6.18 Å². The van der Waals surface area contributed by atoms with Crippen LogP contribution in [-0.4, -0.2) is 54.7 Å². The van der Waals surface area contributed by atoms with Crippen LogP contribution in [0, 0.1) is 5.82 Å². The summed E-state index contributed by atoms with van der Waals surface area (Å²) < 4.78 is 54.5. The number of hydrogen-bond acceptors (Lipinski definition) is 3. The molecule has 1 atom stereocenters. The number of carbonyl (C=O) groups is 2. The number of rotatable bonds is 5. The highest BCUT2D eigenvalue weighted by atomic mass is 19.4. The van der Waals surface area contributed by atoms with E-state index in [9.17, 15) is 27.2 Å². The van der Waals surface area contributed by atoms with Crippen LogP contribution in [-0.2, 0) is 9.53 Å². The molecule has 0 bridgehead atoms. The molecule has 1 N–H and O–H groups in total. The van der Waals surface area contributed by atoms with Crippen molar-refractivity contribution in [2.24, 2.45) is 0 Å². The van der Waals surface area contributed by atoms with Crippen molar-refractivity contribution in [1.29, 1.82) is 0 Å². The number of carbonyl (C=O) groups excluding carboxylic acids is 2. The lowest BCUT2D eigenvalue weighted by atomic mass is 10.0. The highest BCUT2D eigenvalue weighted by Gasteiger charge is 2.31. The van der Waals surface area contributed by atoms with Crippen molar-refractivity contribution in [3.05, 3.63) is 35.6 Å². The molecule has 1 aliphatic rings. The molecule has 1 aromatic rings. The van der Waals surface area contributed by atoms with E-state index in [4.69, 9.17) is 0 Å². The number of ether oxygens (including phenoxy) is 1. The van der Waals surface area contributed by atoms with E-state index in [-0.39, 0.29) is 11.6 Å². The number of likely N-dealkylation sites (tertiary alicyclic amines) is 1. The van der Waals surface area contributed by atoms with Crippen LogP contribution in [0.3, 0.4) is 0 Å². The third-order valence-corrected chi connectivity index (χ3v) is 4.10. The Morgan fingerprint density at radius 1 is 1.27 bits per heavy atom. The van der Waals surface area contributed by atoms with Crippen molar-refractivity contribution in [3.63, 3.8) is 0 Å². The lowest BCUT2D eigenvalue weighted by molar-refractivity contribution is -0.185. The number of alkyl halides is 3. The molecule has 0 aliphatic carbocycles. The fourth-order valence-corrected chi connectivity index (χ4v) is 2.65. The Morgan fingerprint density at radius 3 is 2.46 bits per heavy atom. The van der Waals surface area contributed by atoms with E-state index in [1.807, 2.05) is 0 Å². The predicted molar refractivity (Wildman–Crippen MR) is 84.9 cm³/mol. The number of nitrogens with zero attached hydrogens (tertiary/aromatic N) is 1. The standard InChI is InChI=1S/C17H20F4N2O3/c1-11(26-10-17(19,20)21)15(24)22-12-6-8-23(9-7-12)16(25)13-4-2-3-5-14(13)18/h2-5,11-12H,6-10H2,1H3,(H,22,24)/t11-/m1/s1. The number of nitrogens with one attached hydrogen (secondary N) is 1. The van der Waals surface area contributed by atoms with Gasteiger partial charge in [0.25, 0.3) is 5.91 Å². The first kappa shape index (κ1) is 20.2. The number of benzene rings is 1. The van der Waals surface area contributed by atoms with Gasteiger partial charge in [-0.15, -0.1) is 0 Å². The van der Waals surface area contributed by atoms with E-state index in [0.717, 1.165) is 0 Å². The molecule has 1 saturated heterocycles. The van der Waals surface area contributed by atoms with Gasteiger partial charge in [-0.25, -0.2) is 4.39 Å². The van der Waals surface area contributed by atoms with Crippen molar-refractivity contribution in [2.45, 2.75) is 38.1 Å². The van der Waals surface area contributed by atoms with Gasteiger partial charge in [-0.2, -0.15) is 13.2 Å². The largest absolute Gasteiger partial charge is 0.411 e. The minimum atomic E-state index is -4.49. The van der Waals surface area contributed by atoms with Crippen LogP contribution < -0.4 is 5.32 Å². The van der Waals surface area contributed by atoms with Crippen LogP contribution in [0.4, 0.5) is 17.6 Å². The van der Waals surface area contributed by atoms with Crippen molar-refractivity contribution >= 4 is 11.8 Å². The van der Waals surface area contributed by atoms with Crippen molar-refractivity contribution in [2.75, 3.05) is 19.7 Å². The molecule has 1 heterocycles. The lowest BCUT2D eigenvalue weighted by Gasteiger charge is -2.33. The van der Waals surface area contributed by atoms with Crippen LogP contribution in [0.2, 0.25) is 0 Å². The van der Waals surface area contributed by atoms with Crippen molar-refractivity contribution in [1.82, 2.24) is 10.2 Å². The van der Waals surface area contributed by atoms with Crippen LogP contribution in [0.5, 0.6) is 0 Å².